The van der Waals surface area contributed by atoms with Gasteiger partial charge in [-0.2, -0.15) is 0 Å². The van der Waals surface area contributed by atoms with E-state index in [1.807, 2.05) is 32.0 Å². The number of aromatic nitrogens is 1. The fourth-order valence-electron chi connectivity index (χ4n) is 4.23. The predicted octanol–water partition coefficient (Wildman–Crippen LogP) is 4.19. The summed E-state index contributed by atoms with van der Waals surface area (Å²) in [5.74, 6) is 0.239. The molecule has 1 aromatic carbocycles. The van der Waals surface area contributed by atoms with Gasteiger partial charge in [0.25, 0.3) is 0 Å². The van der Waals surface area contributed by atoms with Crippen LogP contribution in [0.2, 0.25) is 0 Å². The topological polar surface area (TPSA) is 89.0 Å². The summed E-state index contributed by atoms with van der Waals surface area (Å²) < 4.78 is 11.1. The number of ether oxygens (including phenoxy) is 2. The molecule has 2 aromatic rings. The molecule has 1 fully saturated rings. The molecule has 3 rings (SSSR count). The highest BCUT2D eigenvalue weighted by molar-refractivity contribution is 5.94. The third-order valence-electron chi connectivity index (χ3n) is 5.96. The van der Waals surface area contributed by atoms with Gasteiger partial charge in [0.05, 0.1) is 19.8 Å². The number of benzene rings is 1. The molecule has 32 heavy (non-hydrogen) atoms. The van der Waals surface area contributed by atoms with E-state index in [0.29, 0.717) is 31.2 Å². The Bertz CT molecular complexity index is 922. The number of hydrogen-bond donors (Lipinski definition) is 1. The molecule has 0 spiro atoms. The van der Waals surface area contributed by atoms with Crippen molar-refractivity contribution in [2.75, 3.05) is 32.8 Å². The second-order valence-electron chi connectivity index (χ2n) is 8.15. The number of carbonyl (C=O) groups excluding carboxylic acids is 1. The number of carbonyl (C=O) groups is 2. The van der Waals surface area contributed by atoms with Gasteiger partial charge in [-0.25, -0.2) is 9.78 Å². The molecule has 1 aromatic heterocycles. The molecule has 0 amide bonds. The molecule has 1 saturated heterocycles. The van der Waals surface area contributed by atoms with E-state index in [2.05, 4.69) is 9.88 Å². The molecule has 0 bridgehead atoms. The van der Waals surface area contributed by atoms with Crippen LogP contribution in [-0.4, -0.2) is 59.8 Å². The van der Waals surface area contributed by atoms with Crippen molar-refractivity contribution in [3.8, 4) is 16.9 Å². The molecular weight excluding hydrogens is 408 g/mol. The van der Waals surface area contributed by atoms with Gasteiger partial charge in [-0.15, -0.1) is 0 Å². The average molecular weight is 441 g/mol. The highest BCUT2D eigenvalue weighted by atomic mass is 16.5. The fourth-order valence-corrected chi connectivity index (χ4v) is 4.23. The smallest absolute Gasteiger partial charge is 0.355 e. The number of nitrogens with zero attached hydrogens (tertiary/aromatic N) is 2. The first kappa shape index (κ1) is 23.7. The van der Waals surface area contributed by atoms with E-state index in [9.17, 15) is 14.7 Å². The van der Waals surface area contributed by atoms with Gasteiger partial charge < -0.3 is 14.6 Å². The van der Waals surface area contributed by atoms with Gasteiger partial charge in [0.15, 0.2) is 5.69 Å². The third kappa shape index (κ3) is 6.29. The lowest BCUT2D eigenvalue weighted by atomic mass is 9.92. The van der Waals surface area contributed by atoms with Crippen molar-refractivity contribution >= 4 is 11.9 Å². The molecular formula is C25H32N2O5. The largest absolute Gasteiger partial charge is 0.493 e. The first-order valence-corrected chi connectivity index (χ1v) is 11.3. The lowest BCUT2D eigenvalue weighted by molar-refractivity contribution is -0.144. The number of likely N-dealkylation sites (tertiary alicyclic amines) is 1. The Morgan fingerprint density at radius 2 is 1.91 bits per heavy atom. The summed E-state index contributed by atoms with van der Waals surface area (Å²) in [4.78, 5) is 29.3. The van der Waals surface area contributed by atoms with Gasteiger partial charge in [-0.1, -0.05) is 18.2 Å². The van der Waals surface area contributed by atoms with Crippen LogP contribution < -0.4 is 4.74 Å². The van der Waals surface area contributed by atoms with Crippen LogP contribution in [-0.2, 0) is 9.53 Å². The van der Waals surface area contributed by atoms with Crippen LogP contribution in [0, 0.1) is 12.8 Å². The van der Waals surface area contributed by atoms with E-state index < -0.39 is 5.97 Å². The van der Waals surface area contributed by atoms with E-state index in [4.69, 9.17) is 9.47 Å². The zero-order valence-corrected chi connectivity index (χ0v) is 18.9. The lowest BCUT2D eigenvalue weighted by Crippen LogP contribution is -2.38. The van der Waals surface area contributed by atoms with Gasteiger partial charge in [0, 0.05) is 11.8 Å². The average Bonchev–Trinajstić information content (AvgIpc) is 2.79. The summed E-state index contributed by atoms with van der Waals surface area (Å²) in [6, 6.07) is 9.22. The number of carboxylic acids is 1. The standard InChI is InChI=1S/C25H32N2O5/c1-3-31-23(28)17-27-14-11-19(12-15-27)7-6-16-32-22-10-4-8-20(18(22)2)21-9-5-13-26-24(21)25(29)30/h4-5,8-10,13,19H,3,6-7,11-12,14-17H2,1-2H3,(H,29,30). The van der Waals surface area contributed by atoms with E-state index in [0.717, 1.165) is 55.6 Å². The molecule has 1 N–H and O–H groups in total. The van der Waals surface area contributed by atoms with Crippen molar-refractivity contribution < 1.29 is 24.2 Å². The van der Waals surface area contributed by atoms with Crippen LogP contribution >= 0.6 is 0 Å². The summed E-state index contributed by atoms with van der Waals surface area (Å²) in [6.07, 6.45) is 5.72. The Labute approximate surface area is 189 Å². The van der Waals surface area contributed by atoms with Gasteiger partial charge in [-0.3, -0.25) is 9.69 Å². The number of carboxylic acid groups (broad SMARTS) is 1. The van der Waals surface area contributed by atoms with E-state index in [1.165, 1.54) is 6.20 Å². The van der Waals surface area contributed by atoms with E-state index in [1.54, 1.807) is 12.1 Å². The van der Waals surface area contributed by atoms with Gasteiger partial charge >= 0.3 is 11.9 Å². The monoisotopic (exact) mass is 440 g/mol. The van der Waals surface area contributed by atoms with Crippen LogP contribution in [0.4, 0.5) is 0 Å². The maximum absolute atomic E-state index is 11.6. The fraction of sp³-hybridized carbons (Fsp3) is 0.480. The van der Waals surface area contributed by atoms with Crippen LogP contribution in [0.5, 0.6) is 5.75 Å². The molecule has 7 nitrogen and oxygen atoms in total. The molecule has 0 aliphatic carbocycles. The van der Waals surface area contributed by atoms with Crippen molar-refractivity contribution in [1.82, 2.24) is 9.88 Å². The highest BCUT2D eigenvalue weighted by Gasteiger charge is 2.21. The Balaban J connectivity index is 1.48. The first-order chi connectivity index (χ1) is 15.5. The Morgan fingerprint density at radius 1 is 1.16 bits per heavy atom. The number of rotatable bonds is 10. The number of hydrogen-bond acceptors (Lipinski definition) is 6. The van der Waals surface area contributed by atoms with Gasteiger partial charge in [-0.05, 0) is 81.8 Å². The summed E-state index contributed by atoms with van der Waals surface area (Å²) in [7, 11) is 0. The normalized spacial score (nSPS) is 14.8. The predicted molar refractivity (Wildman–Crippen MR) is 122 cm³/mol. The summed E-state index contributed by atoms with van der Waals surface area (Å²) >= 11 is 0. The minimum Gasteiger partial charge on any atom is -0.493 e. The molecule has 0 saturated carbocycles. The van der Waals surface area contributed by atoms with Gasteiger partial charge in [0.2, 0.25) is 0 Å². The molecule has 1 aliphatic heterocycles. The van der Waals surface area contributed by atoms with E-state index >= 15 is 0 Å². The molecule has 0 unspecified atom stereocenters. The molecule has 7 heteroatoms. The lowest BCUT2D eigenvalue weighted by Gasteiger charge is -2.31. The number of pyridine rings is 1. The molecule has 0 radical (unpaired) electrons. The minimum atomic E-state index is -1.04. The van der Waals surface area contributed by atoms with Gasteiger partial charge in [0.1, 0.15) is 5.75 Å². The number of aromatic carboxylic acids is 1. The zero-order chi connectivity index (χ0) is 22.9. The minimum absolute atomic E-state index is 0.0436. The van der Waals surface area contributed by atoms with E-state index in [-0.39, 0.29) is 11.7 Å². The van der Waals surface area contributed by atoms with Crippen molar-refractivity contribution in [3.63, 3.8) is 0 Å². The Hall–Kier alpha value is -2.93. The SMILES string of the molecule is CCOC(=O)CN1CCC(CCCOc2cccc(-c3cccnc3C(=O)O)c2C)CC1. The Morgan fingerprint density at radius 3 is 2.62 bits per heavy atom. The summed E-state index contributed by atoms with van der Waals surface area (Å²) in [5, 5.41) is 9.45. The number of piperidine rings is 1. The zero-order valence-electron chi connectivity index (χ0n) is 18.9. The quantitative estimate of drug-likeness (QED) is 0.438. The van der Waals surface area contributed by atoms with Crippen molar-refractivity contribution in [2.24, 2.45) is 5.92 Å². The second kappa shape index (κ2) is 11.6. The molecule has 0 atom stereocenters. The summed E-state index contributed by atoms with van der Waals surface area (Å²) in [5.41, 5.74) is 2.37. The molecule has 2 heterocycles. The van der Waals surface area contributed by atoms with Crippen LogP contribution in [0.15, 0.2) is 36.5 Å². The molecule has 172 valence electrons. The number of esters is 1. The molecule has 1 aliphatic rings. The van der Waals surface area contributed by atoms with Crippen LogP contribution in [0.25, 0.3) is 11.1 Å². The van der Waals surface area contributed by atoms with Crippen LogP contribution in [0.3, 0.4) is 0 Å². The first-order valence-electron chi connectivity index (χ1n) is 11.3. The maximum Gasteiger partial charge on any atom is 0.355 e. The van der Waals surface area contributed by atoms with Crippen molar-refractivity contribution in [1.29, 1.82) is 0 Å². The third-order valence-corrected chi connectivity index (χ3v) is 5.96. The van der Waals surface area contributed by atoms with Crippen LogP contribution in [0.1, 0.15) is 48.7 Å². The van der Waals surface area contributed by atoms with Crippen molar-refractivity contribution in [2.45, 2.75) is 39.5 Å². The summed E-state index contributed by atoms with van der Waals surface area (Å²) in [6.45, 7) is 7.08. The second-order valence-corrected chi connectivity index (χ2v) is 8.15. The Kier molecular flexibility index (Phi) is 8.62. The maximum atomic E-state index is 11.6. The van der Waals surface area contributed by atoms with Crippen molar-refractivity contribution in [3.05, 3.63) is 47.8 Å². The highest BCUT2D eigenvalue weighted by Crippen LogP contribution is 2.32.